The van der Waals surface area contributed by atoms with Gasteiger partial charge in [-0.05, 0) is 42.7 Å². The van der Waals surface area contributed by atoms with E-state index in [-0.39, 0.29) is 12.6 Å². The van der Waals surface area contributed by atoms with Crippen LogP contribution in [0.5, 0.6) is 0 Å². The van der Waals surface area contributed by atoms with Gasteiger partial charge < -0.3 is 5.11 Å². The SMILES string of the molecule is CC(c1csc(Cl)c1)N(CC(=O)O)CC1CC1. The Morgan fingerprint density at radius 2 is 2.41 bits per heavy atom. The van der Waals surface area contributed by atoms with Crippen LogP contribution < -0.4 is 0 Å². The van der Waals surface area contributed by atoms with Crippen molar-refractivity contribution in [3.63, 3.8) is 0 Å². The van der Waals surface area contributed by atoms with Crippen molar-refractivity contribution >= 4 is 28.9 Å². The summed E-state index contributed by atoms with van der Waals surface area (Å²) in [4.78, 5) is 12.9. The second kappa shape index (κ2) is 5.38. The first-order valence-electron chi connectivity index (χ1n) is 5.76. The fraction of sp³-hybridized carbons (Fsp3) is 0.583. The van der Waals surface area contributed by atoms with Crippen LogP contribution in [0.4, 0.5) is 0 Å². The van der Waals surface area contributed by atoms with Crippen molar-refractivity contribution in [1.82, 2.24) is 4.90 Å². The predicted octanol–water partition coefficient (Wildman–Crippen LogP) is 3.26. The molecule has 1 N–H and O–H groups in total. The normalized spacial score (nSPS) is 17.4. The average molecular weight is 274 g/mol. The van der Waals surface area contributed by atoms with Gasteiger partial charge in [-0.15, -0.1) is 11.3 Å². The molecule has 0 spiro atoms. The highest BCUT2D eigenvalue weighted by Crippen LogP contribution is 2.34. The maximum atomic E-state index is 10.9. The Labute approximate surface area is 110 Å². The van der Waals surface area contributed by atoms with Crippen molar-refractivity contribution in [3.8, 4) is 0 Å². The molecule has 3 nitrogen and oxygen atoms in total. The Morgan fingerprint density at radius 3 is 2.88 bits per heavy atom. The first kappa shape index (κ1) is 12.9. The van der Waals surface area contributed by atoms with Gasteiger partial charge in [0.25, 0.3) is 0 Å². The molecule has 1 aromatic heterocycles. The van der Waals surface area contributed by atoms with E-state index in [1.54, 1.807) is 0 Å². The summed E-state index contributed by atoms with van der Waals surface area (Å²) in [6.45, 7) is 3.02. The van der Waals surface area contributed by atoms with Crippen molar-refractivity contribution in [3.05, 3.63) is 21.3 Å². The maximum Gasteiger partial charge on any atom is 0.317 e. The Balaban J connectivity index is 2.04. The first-order chi connectivity index (χ1) is 8.06. The minimum Gasteiger partial charge on any atom is -0.480 e. The number of halogens is 1. The largest absolute Gasteiger partial charge is 0.480 e. The lowest BCUT2D eigenvalue weighted by Crippen LogP contribution is -2.33. The van der Waals surface area contributed by atoms with Gasteiger partial charge >= 0.3 is 5.97 Å². The summed E-state index contributed by atoms with van der Waals surface area (Å²) in [6, 6.07) is 2.05. The highest BCUT2D eigenvalue weighted by Gasteiger charge is 2.28. The monoisotopic (exact) mass is 273 g/mol. The predicted molar refractivity (Wildman–Crippen MR) is 69.7 cm³/mol. The van der Waals surface area contributed by atoms with E-state index in [4.69, 9.17) is 16.7 Å². The number of aliphatic carboxylic acids is 1. The Hall–Kier alpha value is -0.580. The van der Waals surface area contributed by atoms with Crippen LogP contribution in [0.3, 0.4) is 0 Å². The number of carboxylic acids is 1. The molecule has 0 aliphatic heterocycles. The highest BCUT2D eigenvalue weighted by atomic mass is 35.5. The Bertz CT molecular complexity index is 403. The van der Waals surface area contributed by atoms with Gasteiger partial charge in [-0.2, -0.15) is 0 Å². The fourth-order valence-corrected chi connectivity index (χ4v) is 2.90. The van der Waals surface area contributed by atoms with E-state index in [1.807, 2.05) is 23.3 Å². The third-order valence-corrected chi connectivity index (χ3v) is 4.26. The van der Waals surface area contributed by atoms with Gasteiger partial charge in [0.05, 0.1) is 10.9 Å². The van der Waals surface area contributed by atoms with Gasteiger partial charge in [0.15, 0.2) is 0 Å². The van der Waals surface area contributed by atoms with Crippen LogP contribution in [0.1, 0.15) is 31.4 Å². The molecule has 17 heavy (non-hydrogen) atoms. The first-order valence-corrected chi connectivity index (χ1v) is 7.02. The minimum atomic E-state index is -0.765. The summed E-state index contributed by atoms with van der Waals surface area (Å²) >= 11 is 7.41. The molecular formula is C12H16ClNO2S. The lowest BCUT2D eigenvalue weighted by Gasteiger charge is -2.27. The molecule has 1 heterocycles. The Kier molecular flexibility index (Phi) is 4.07. The number of rotatable bonds is 6. The molecule has 1 aliphatic carbocycles. The molecule has 0 saturated heterocycles. The molecule has 1 saturated carbocycles. The van der Waals surface area contributed by atoms with Crippen LogP contribution in [-0.2, 0) is 4.79 Å². The van der Waals surface area contributed by atoms with Crippen molar-refractivity contribution in [2.75, 3.05) is 13.1 Å². The van der Waals surface area contributed by atoms with Gasteiger partial charge in [-0.25, -0.2) is 0 Å². The van der Waals surface area contributed by atoms with E-state index in [0.29, 0.717) is 5.92 Å². The summed E-state index contributed by atoms with van der Waals surface area (Å²) in [5, 5.41) is 11.0. The van der Waals surface area contributed by atoms with Crippen molar-refractivity contribution in [2.24, 2.45) is 5.92 Å². The third-order valence-electron chi connectivity index (χ3n) is 3.15. The van der Waals surface area contributed by atoms with Crippen molar-refractivity contribution < 1.29 is 9.90 Å². The van der Waals surface area contributed by atoms with Gasteiger partial charge in [0.1, 0.15) is 0 Å². The van der Waals surface area contributed by atoms with Gasteiger partial charge in [-0.1, -0.05) is 11.6 Å². The van der Waals surface area contributed by atoms with E-state index in [1.165, 1.54) is 24.2 Å². The second-order valence-electron chi connectivity index (χ2n) is 4.63. The zero-order valence-corrected chi connectivity index (χ0v) is 11.3. The van der Waals surface area contributed by atoms with E-state index in [9.17, 15) is 4.79 Å². The quantitative estimate of drug-likeness (QED) is 0.865. The van der Waals surface area contributed by atoms with Crippen molar-refractivity contribution in [1.29, 1.82) is 0 Å². The average Bonchev–Trinajstić information content (AvgIpc) is 2.96. The summed E-state index contributed by atoms with van der Waals surface area (Å²) in [7, 11) is 0. The maximum absolute atomic E-state index is 10.9. The smallest absolute Gasteiger partial charge is 0.317 e. The number of hydrogen-bond donors (Lipinski definition) is 1. The summed E-state index contributed by atoms with van der Waals surface area (Å²) < 4.78 is 0.758. The van der Waals surface area contributed by atoms with Gasteiger partial charge in [0, 0.05) is 12.6 Å². The van der Waals surface area contributed by atoms with E-state index < -0.39 is 5.97 Å². The Morgan fingerprint density at radius 1 is 1.71 bits per heavy atom. The van der Waals surface area contributed by atoms with E-state index >= 15 is 0 Å². The molecule has 1 aliphatic rings. The minimum absolute atomic E-state index is 0.102. The van der Waals surface area contributed by atoms with Gasteiger partial charge in [-0.3, -0.25) is 9.69 Å². The molecule has 94 valence electrons. The van der Waals surface area contributed by atoms with Crippen molar-refractivity contribution in [2.45, 2.75) is 25.8 Å². The molecule has 1 atom stereocenters. The van der Waals surface area contributed by atoms with Crippen LogP contribution in [0.2, 0.25) is 4.34 Å². The number of hydrogen-bond acceptors (Lipinski definition) is 3. The zero-order chi connectivity index (χ0) is 12.4. The second-order valence-corrected chi connectivity index (χ2v) is 6.17. The number of carbonyl (C=O) groups is 1. The fourth-order valence-electron chi connectivity index (χ4n) is 1.92. The number of nitrogens with zero attached hydrogens (tertiary/aromatic N) is 1. The van der Waals surface area contributed by atoms with E-state index in [2.05, 4.69) is 0 Å². The van der Waals surface area contributed by atoms with Crippen LogP contribution in [0, 0.1) is 5.92 Å². The molecule has 5 heteroatoms. The van der Waals surface area contributed by atoms with Crippen LogP contribution >= 0.6 is 22.9 Å². The topological polar surface area (TPSA) is 40.5 Å². The summed E-state index contributed by atoms with van der Waals surface area (Å²) in [5.74, 6) is -0.0789. The standard InChI is InChI=1S/C12H16ClNO2S/c1-8(10-4-11(13)17-7-10)14(6-12(15)16)5-9-2-3-9/h4,7-9H,2-3,5-6H2,1H3,(H,15,16). The summed E-state index contributed by atoms with van der Waals surface area (Å²) in [5.41, 5.74) is 1.11. The highest BCUT2D eigenvalue weighted by molar-refractivity contribution is 7.14. The zero-order valence-electron chi connectivity index (χ0n) is 9.73. The molecule has 0 bridgehead atoms. The lowest BCUT2D eigenvalue weighted by molar-refractivity contribution is -0.139. The molecular weight excluding hydrogens is 258 g/mol. The molecule has 2 rings (SSSR count). The van der Waals surface area contributed by atoms with Crippen LogP contribution in [0.15, 0.2) is 11.4 Å². The molecule has 1 fully saturated rings. The number of carboxylic acid groups (broad SMARTS) is 1. The number of thiophene rings is 1. The third kappa shape index (κ3) is 3.69. The van der Waals surface area contributed by atoms with E-state index in [0.717, 1.165) is 16.4 Å². The van der Waals surface area contributed by atoms with Gasteiger partial charge in [0.2, 0.25) is 0 Å². The molecule has 0 amide bonds. The summed E-state index contributed by atoms with van der Waals surface area (Å²) in [6.07, 6.45) is 2.46. The molecule has 0 radical (unpaired) electrons. The molecule has 1 aromatic rings. The van der Waals surface area contributed by atoms with Crippen LogP contribution in [-0.4, -0.2) is 29.1 Å². The molecule has 0 aromatic carbocycles. The molecule has 1 unspecified atom stereocenters. The lowest BCUT2D eigenvalue weighted by atomic mass is 10.1. The van der Waals surface area contributed by atoms with Crippen LogP contribution in [0.25, 0.3) is 0 Å².